The van der Waals surface area contributed by atoms with Crippen LogP contribution < -0.4 is 22.5 Å². The molecule has 4 nitrogen and oxygen atoms in total. The Kier molecular flexibility index (Phi) is 8.80. The van der Waals surface area contributed by atoms with Crippen LogP contribution in [0.5, 0.6) is 0 Å². The zero-order valence-electron chi connectivity index (χ0n) is 29.9. The Labute approximate surface area is 323 Å². The van der Waals surface area contributed by atoms with Crippen molar-refractivity contribution in [3.8, 4) is 11.8 Å². The number of anilines is 3. The maximum atomic E-state index is 9.44. The number of para-hydroxylation sites is 1. The van der Waals surface area contributed by atoms with Crippen LogP contribution in [0, 0.1) is 17.9 Å². The summed E-state index contributed by atoms with van der Waals surface area (Å²) in [5.41, 5.74) is 7.44. The zero-order chi connectivity index (χ0) is 37.2. The summed E-state index contributed by atoms with van der Waals surface area (Å²) in [6.07, 6.45) is 0. The summed E-state index contributed by atoms with van der Waals surface area (Å²) in [6.45, 7) is 7.61. The molecule has 1 heterocycles. The van der Waals surface area contributed by atoms with Gasteiger partial charge >= 0.3 is 296 Å². The van der Waals surface area contributed by atoms with E-state index in [2.05, 4.69) is 178 Å². The van der Waals surface area contributed by atoms with E-state index in [0.29, 0.717) is 11.3 Å². The van der Waals surface area contributed by atoms with Gasteiger partial charge in [0.05, 0.1) is 11.6 Å². The molecule has 0 atom stereocenters. The molecule has 0 N–H and O–H groups in total. The summed E-state index contributed by atoms with van der Waals surface area (Å²) >= 11 is -3.45. The van der Waals surface area contributed by atoms with Crippen molar-refractivity contribution in [2.75, 3.05) is 4.90 Å². The first-order valence-corrected chi connectivity index (χ1v) is 22.5. The Balaban J connectivity index is 1.24. The molecule has 0 unspecified atom stereocenters. The predicted molar refractivity (Wildman–Crippen MR) is 230 cm³/mol. The maximum absolute atomic E-state index is 9.44. The Hall–Kier alpha value is -7.12. The van der Waals surface area contributed by atoms with Gasteiger partial charge in [0, 0.05) is 0 Å². The van der Waals surface area contributed by atoms with E-state index in [1.165, 1.54) is 17.6 Å². The third-order valence-corrected chi connectivity index (χ3v) is 20.7. The van der Waals surface area contributed by atoms with Gasteiger partial charge in [-0.15, -0.1) is 0 Å². The van der Waals surface area contributed by atoms with Crippen LogP contribution in [0.2, 0.25) is 0 Å². The molecule has 0 spiro atoms. The molecule has 258 valence electrons. The molecule has 0 aliphatic heterocycles. The van der Waals surface area contributed by atoms with Gasteiger partial charge in [-0.05, 0) is 12.1 Å². The predicted octanol–water partition coefficient (Wildman–Crippen LogP) is 10.1. The number of fused-ring (bicyclic) bond motifs is 3. The van der Waals surface area contributed by atoms with Gasteiger partial charge in [0.15, 0.2) is 0 Å². The molecule has 1 aromatic heterocycles. The standard InChI is InChI=1S/C50H34GeN4/c1-53-42-25-31-44(32-26-42)54(46-33-34-50-48(35-46)47-19-11-12-20-49(47)55(50)45-27-21-37(36-52)22-28-45)43-29-23-41(24-30-43)51(38-13-5-2-6-14-38,39-15-7-3-8-16-39)40-17-9-4-10-18-40/h2-35H. The molecule has 0 fully saturated rings. The molecule has 0 aliphatic carbocycles. The first kappa shape index (κ1) is 33.7. The van der Waals surface area contributed by atoms with Crippen molar-refractivity contribution < 1.29 is 0 Å². The number of rotatable bonds is 8. The number of nitriles is 1. The second-order valence-corrected chi connectivity index (χ2v) is 21.6. The fourth-order valence-electron chi connectivity index (χ4n) is 8.11. The average molecular weight is 763 g/mol. The van der Waals surface area contributed by atoms with Crippen molar-refractivity contribution in [3.63, 3.8) is 0 Å². The van der Waals surface area contributed by atoms with Gasteiger partial charge < -0.3 is 0 Å². The number of hydrogen-bond acceptors (Lipinski definition) is 2. The first-order valence-electron chi connectivity index (χ1n) is 18.3. The fraction of sp³-hybridized carbons (Fsp3) is 0. The summed E-state index contributed by atoms with van der Waals surface area (Å²) in [5, 5.41) is 11.7. The number of aromatic nitrogens is 1. The zero-order valence-corrected chi connectivity index (χ0v) is 32.0. The summed E-state index contributed by atoms with van der Waals surface area (Å²) < 4.78 is 7.74. The monoisotopic (exact) mass is 764 g/mol. The Morgan fingerprint density at radius 3 is 1.49 bits per heavy atom. The normalized spacial score (nSPS) is 11.2. The van der Waals surface area contributed by atoms with Crippen LogP contribution in [-0.2, 0) is 0 Å². The van der Waals surface area contributed by atoms with Gasteiger partial charge in [0.1, 0.15) is 0 Å². The van der Waals surface area contributed by atoms with Crippen LogP contribution in [0.4, 0.5) is 22.7 Å². The fourth-order valence-corrected chi connectivity index (χ4v) is 18.1. The van der Waals surface area contributed by atoms with Crippen molar-refractivity contribution in [1.82, 2.24) is 4.57 Å². The molecule has 8 aromatic carbocycles. The molecule has 9 rings (SSSR count). The molecule has 0 aliphatic rings. The number of nitrogens with zero attached hydrogens (tertiary/aromatic N) is 4. The minimum absolute atomic E-state index is 0.603. The van der Waals surface area contributed by atoms with Crippen molar-refractivity contribution >= 4 is 75.4 Å². The van der Waals surface area contributed by atoms with Gasteiger partial charge in [-0.3, -0.25) is 0 Å². The summed E-state index contributed by atoms with van der Waals surface area (Å²) in [4.78, 5) is 5.96. The molecule has 5 heteroatoms. The third-order valence-electron chi connectivity index (χ3n) is 10.6. The molecule has 0 amide bonds. The van der Waals surface area contributed by atoms with Crippen LogP contribution in [-0.4, -0.2) is 17.8 Å². The van der Waals surface area contributed by atoms with Crippen molar-refractivity contribution in [2.24, 2.45) is 0 Å². The van der Waals surface area contributed by atoms with Gasteiger partial charge in [0.2, 0.25) is 0 Å². The second-order valence-electron chi connectivity index (χ2n) is 13.6. The summed E-state index contributed by atoms with van der Waals surface area (Å²) in [5.74, 6) is 0. The summed E-state index contributed by atoms with van der Waals surface area (Å²) in [7, 11) is 0. The Bertz CT molecular complexity index is 2760. The molecule has 0 saturated heterocycles. The van der Waals surface area contributed by atoms with E-state index in [9.17, 15) is 5.26 Å². The molecular formula is C50H34GeN4. The van der Waals surface area contributed by atoms with E-state index in [4.69, 9.17) is 6.57 Å². The number of hydrogen-bond donors (Lipinski definition) is 0. The van der Waals surface area contributed by atoms with Crippen molar-refractivity contribution in [1.29, 1.82) is 5.26 Å². The summed E-state index contributed by atoms with van der Waals surface area (Å²) in [6, 6.07) is 75.3. The van der Waals surface area contributed by atoms with Gasteiger partial charge in [-0.25, -0.2) is 0 Å². The van der Waals surface area contributed by atoms with Crippen LogP contribution in [0.15, 0.2) is 206 Å². The second kappa shape index (κ2) is 14.4. The van der Waals surface area contributed by atoms with Crippen LogP contribution >= 0.6 is 0 Å². The van der Waals surface area contributed by atoms with Crippen molar-refractivity contribution in [3.05, 3.63) is 223 Å². The third kappa shape index (κ3) is 5.87. The van der Waals surface area contributed by atoms with Gasteiger partial charge in [0.25, 0.3) is 0 Å². The van der Waals surface area contributed by atoms with E-state index in [1.807, 2.05) is 48.5 Å². The quantitative estimate of drug-likeness (QED) is 0.114. The SMILES string of the molecule is [C-]#[N+]c1ccc(N(c2cc[c]([Ge]([c]3ccccc3)([c]3ccccc3)[c]3ccccc3)cc2)c2ccc3c(c2)c2ccccc2n3-c2ccc(C#N)cc2)cc1. The molecule has 55 heavy (non-hydrogen) atoms. The first-order chi connectivity index (χ1) is 27.2. The Morgan fingerprint density at radius 1 is 0.473 bits per heavy atom. The number of benzene rings is 8. The molecule has 0 radical (unpaired) electrons. The van der Waals surface area contributed by atoms with Crippen LogP contribution in [0.1, 0.15) is 5.56 Å². The minimum atomic E-state index is -3.45. The molecule has 0 saturated carbocycles. The molecule has 0 bridgehead atoms. The Morgan fingerprint density at radius 2 is 0.945 bits per heavy atom. The van der Waals surface area contributed by atoms with Gasteiger partial charge in [-0.1, -0.05) is 0 Å². The van der Waals surface area contributed by atoms with Crippen LogP contribution in [0.3, 0.4) is 0 Å². The van der Waals surface area contributed by atoms with E-state index >= 15 is 0 Å². The van der Waals surface area contributed by atoms with E-state index in [0.717, 1.165) is 44.6 Å². The molecular weight excluding hydrogens is 729 g/mol. The van der Waals surface area contributed by atoms with E-state index in [1.54, 1.807) is 0 Å². The van der Waals surface area contributed by atoms with Crippen molar-refractivity contribution in [2.45, 2.75) is 0 Å². The van der Waals surface area contributed by atoms with Gasteiger partial charge in [-0.2, -0.15) is 5.26 Å². The van der Waals surface area contributed by atoms with Crippen LogP contribution in [0.25, 0.3) is 32.3 Å². The van der Waals surface area contributed by atoms with E-state index < -0.39 is 13.3 Å². The molecule has 9 aromatic rings. The topological polar surface area (TPSA) is 36.3 Å². The van der Waals surface area contributed by atoms with E-state index in [-0.39, 0.29) is 0 Å². The average Bonchev–Trinajstić information content (AvgIpc) is 3.60.